The fourth-order valence-corrected chi connectivity index (χ4v) is 0.738. The van der Waals surface area contributed by atoms with Crippen LogP contribution >= 0.6 is 0 Å². The molecule has 0 atom stereocenters. The lowest BCUT2D eigenvalue weighted by atomic mass is 10.2. The molecule has 0 aliphatic carbocycles. The predicted molar refractivity (Wildman–Crippen MR) is 34.9 cm³/mol. The number of hydrogen-bond donors (Lipinski definition) is 0. The normalized spacial score (nSPS) is 10.6. The highest BCUT2D eigenvalue weighted by molar-refractivity contribution is 4.60. The fourth-order valence-electron chi connectivity index (χ4n) is 0.738. The van der Waals surface area contributed by atoms with Crippen LogP contribution < -0.4 is 0 Å². The third kappa shape index (κ3) is 1.83. The SMILES string of the molecule is CC(C)Cn1cnnc1. The highest BCUT2D eigenvalue weighted by Crippen LogP contribution is 1.95. The molecule has 0 aromatic carbocycles. The molecule has 50 valence electrons. The quantitative estimate of drug-likeness (QED) is 0.588. The van der Waals surface area contributed by atoms with Crippen molar-refractivity contribution >= 4 is 0 Å². The minimum absolute atomic E-state index is 0.668. The molecule has 1 aromatic rings. The van der Waals surface area contributed by atoms with Crippen LogP contribution in [0.1, 0.15) is 13.8 Å². The zero-order valence-corrected chi connectivity index (χ0v) is 5.78. The fraction of sp³-hybridized carbons (Fsp3) is 0.667. The van der Waals surface area contributed by atoms with E-state index in [1.165, 1.54) is 0 Å². The Morgan fingerprint density at radius 1 is 1.33 bits per heavy atom. The Morgan fingerprint density at radius 2 is 1.89 bits per heavy atom. The summed E-state index contributed by atoms with van der Waals surface area (Å²) in [6.45, 7) is 5.34. The maximum Gasteiger partial charge on any atom is 0.119 e. The van der Waals surface area contributed by atoms with E-state index in [1.807, 2.05) is 4.57 Å². The second-order valence-corrected chi connectivity index (χ2v) is 2.55. The summed E-state index contributed by atoms with van der Waals surface area (Å²) >= 11 is 0. The van der Waals surface area contributed by atoms with Crippen molar-refractivity contribution in [3.05, 3.63) is 12.7 Å². The first-order valence-corrected chi connectivity index (χ1v) is 3.11. The Labute approximate surface area is 54.7 Å². The third-order valence-corrected chi connectivity index (χ3v) is 1.04. The van der Waals surface area contributed by atoms with Crippen molar-refractivity contribution in [1.82, 2.24) is 14.8 Å². The minimum atomic E-state index is 0.668. The summed E-state index contributed by atoms with van der Waals surface area (Å²) in [6, 6.07) is 0. The van der Waals surface area contributed by atoms with Gasteiger partial charge in [-0.05, 0) is 5.92 Å². The largest absolute Gasteiger partial charge is 0.320 e. The van der Waals surface area contributed by atoms with Gasteiger partial charge in [0.1, 0.15) is 12.7 Å². The molecule has 1 rings (SSSR count). The highest BCUT2D eigenvalue weighted by atomic mass is 15.2. The van der Waals surface area contributed by atoms with Gasteiger partial charge in [-0.3, -0.25) is 0 Å². The molecule has 0 aliphatic rings. The lowest BCUT2D eigenvalue weighted by molar-refractivity contribution is 0.521. The van der Waals surface area contributed by atoms with Gasteiger partial charge in [-0.25, -0.2) is 0 Å². The van der Waals surface area contributed by atoms with E-state index in [0.717, 1.165) is 6.54 Å². The van der Waals surface area contributed by atoms with Crippen molar-refractivity contribution < 1.29 is 0 Å². The molecule has 0 amide bonds. The van der Waals surface area contributed by atoms with Crippen LogP contribution in [0.2, 0.25) is 0 Å². The minimum Gasteiger partial charge on any atom is -0.320 e. The number of hydrogen-bond acceptors (Lipinski definition) is 2. The lowest BCUT2D eigenvalue weighted by Gasteiger charge is -2.02. The van der Waals surface area contributed by atoms with Gasteiger partial charge < -0.3 is 4.57 Å². The van der Waals surface area contributed by atoms with Crippen molar-refractivity contribution in [2.24, 2.45) is 5.92 Å². The lowest BCUT2D eigenvalue weighted by Crippen LogP contribution is -2.00. The molecule has 0 unspecified atom stereocenters. The van der Waals surface area contributed by atoms with Crippen LogP contribution in [0.25, 0.3) is 0 Å². The standard InChI is InChI=1S/C6H11N3/c1-6(2)3-9-4-7-8-5-9/h4-6H,3H2,1-2H3. The molecule has 0 bridgehead atoms. The van der Waals surface area contributed by atoms with Gasteiger partial charge in [-0.1, -0.05) is 13.8 Å². The summed E-state index contributed by atoms with van der Waals surface area (Å²) in [7, 11) is 0. The van der Waals surface area contributed by atoms with Gasteiger partial charge in [-0.15, -0.1) is 10.2 Å². The van der Waals surface area contributed by atoms with E-state index in [-0.39, 0.29) is 0 Å². The van der Waals surface area contributed by atoms with Crippen LogP contribution in [-0.4, -0.2) is 14.8 Å². The first-order chi connectivity index (χ1) is 4.29. The Kier molecular flexibility index (Phi) is 1.82. The summed E-state index contributed by atoms with van der Waals surface area (Å²) in [4.78, 5) is 0. The molecule has 3 heteroatoms. The van der Waals surface area contributed by atoms with Crippen molar-refractivity contribution in [2.75, 3.05) is 0 Å². The van der Waals surface area contributed by atoms with Gasteiger partial charge in [-0.2, -0.15) is 0 Å². The van der Waals surface area contributed by atoms with Crippen molar-refractivity contribution in [1.29, 1.82) is 0 Å². The van der Waals surface area contributed by atoms with E-state index in [1.54, 1.807) is 12.7 Å². The van der Waals surface area contributed by atoms with E-state index < -0.39 is 0 Å². The molecular weight excluding hydrogens is 114 g/mol. The van der Waals surface area contributed by atoms with Gasteiger partial charge in [0, 0.05) is 6.54 Å². The summed E-state index contributed by atoms with van der Waals surface area (Å²) in [5.74, 6) is 0.668. The van der Waals surface area contributed by atoms with Crippen LogP contribution in [0.4, 0.5) is 0 Å². The zero-order chi connectivity index (χ0) is 6.69. The van der Waals surface area contributed by atoms with Gasteiger partial charge in [0.2, 0.25) is 0 Å². The van der Waals surface area contributed by atoms with E-state index in [2.05, 4.69) is 24.0 Å². The molecule has 0 saturated heterocycles. The molecule has 0 saturated carbocycles. The second-order valence-electron chi connectivity index (χ2n) is 2.55. The van der Waals surface area contributed by atoms with Gasteiger partial charge in [0.05, 0.1) is 0 Å². The average Bonchev–Trinajstić information content (AvgIpc) is 2.15. The molecule has 0 fully saturated rings. The van der Waals surface area contributed by atoms with Crippen LogP contribution in [0.15, 0.2) is 12.7 Å². The Morgan fingerprint density at radius 3 is 2.33 bits per heavy atom. The molecule has 9 heavy (non-hydrogen) atoms. The number of nitrogens with zero attached hydrogens (tertiary/aromatic N) is 3. The molecule has 0 spiro atoms. The predicted octanol–water partition coefficient (Wildman–Crippen LogP) is 0.934. The molecule has 1 heterocycles. The van der Waals surface area contributed by atoms with Gasteiger partial charge in [0.15, 0.2) is 0 Å². The summed E-state index contributed by atoms with van der Waals surface area (Å²) in [5, 5.41) is 7.38. The van der Waals surface area contributed by atoms with Gasteiger partial charge >= 0.3 is 0 Å². The Bertz CT molecular complexity index is 155. The highest BCUT2D eigenvalue weighted by Gasteiger charge is 1.93. The van der Waals surface area contributed by atoms with E-state index in [9.17, 15) is 0 Å². The van der Waals surface area contributed by atoms with Crippen molar-refractivity contribution in [3.8, 4) is 0 Å². The van der Waals surface area contributed by atoms with Gasteiger partial charge in [0.25, 0.3) is 0 Å². The molecule has 1 aromatic heterocycles. The topological polar surface area (TPSA) is 30.7 Å². The number of rotatable bonds is 2. The molecular formula is C6H11N3. The zero-order valence-electron chi connectivity index (χ0n) is 5.78. The maximum atomic E-state index is 3.69. The second kappa shape index (κ2) is 2.62. The first-order valence-electron chi connectivity index (χ1n) is 3.11. The molecule has 0 N–H and O–H groups in total. The summed E-state index contributed by atoms with van der Waals surface area (Å²) in [6.07, 6.45) is 3.47. The smallest absolute Gasteiger partial charge is 0.119 e. The molecule has 0 aliphatic heterocycles. The van der Waals surface area contributed by atoms with Crippen molar-refractivity contribution in [2.45, 2.75) is 20.4 Å². The van der Waals surface area contributed by atoms with Crippen LogP contribution in [0, 0.1) is 5.92 Å². The first kappa shape index (κ1) is 6.26. The Balaban J connectivity index is 2.48. The van der Waals surface area contributed by atoms with E-state index in [0.29, 0.717) is 5.92 Å². The number of aromatic nitrogens is 3. The van der Waals surface area contributed by atoms with Crippen LogP contribution in [0.5, 0.6) is 0 Å². The van der Waals surface area contributed by atoms with Crippen molar-refractivity contribution in [3.63, 3.8) is 0 Å². The third-order valence-electron chi connectivity index (χ3n) is 1.04. The average molecular weight is 125 g/mol. The molecule has 0 radical (unpaired) electrons. The monoisotopic (exact) mass is 125 g/mol. The summed E-state index contributed by atoms with van der Waals surface area (Å²) < 4.78 is 1.98. The van der Waals surface area contributed by atoms with Crippen LogP contribution in [-0.2, 0) is 6.54 Å². The van der Waals surface area contributed by atoms with Crippen LogP contribution in [0.3, 0.4) is 0 Å². The Hall–Kier alpha value is -0.860. The van der Waals surface area contributed by atoms with E-state index >= 15 is 0 Å². The maximum absolute atomic E-state index is 3.69. The van der Waals surface area contributed by atoms with E-state index in [4.69, 9.17) is 0 Å². The molecule has 3 nitrogen and oxygen atoms in total. The summed E-state index contributed by atoms with van der Waals surface area (Å²) in [5.41, 5.74) is 0.